The molecule has 1 aliphatic rings. The standard InChI is InChI=1S/C19H14N6O/c1-12-4-13(6-20)2-3-16(12)17-10-24-25-11-15(5-18(17)25)26-19-22-8-14(7-21)9-23-19/h2-4,8-10,15H,5,11H2,1H3/t15-/m1/s1. The second-order valence-electron chi connectivity index (χ2n) is 6.14. The largest absolute Gasteiger partial charge is 0.458 e. The van der Waals surface area contributed by atoms with E-state index in [1.54, 1.807) is 0 Å². The van der Waals surface area contributed by atoms with Gasteiger partial charge in [-0.15, -0.1) is 0 Å². The van der Waals surface area contributed by atoms with Gasteiger partial charge < -0.3 is 4.74 Å². The number of nitriles is 2. The number of ether oxygens (including phenoxy) is 1. The molecule has 7 nitrogen and oxygen atoms in total. The van der Waals surface area contributed by atoms with E-state index >= 15 is 0 Å². The summed E-state index contributed by atoms with van der Waals surface area (Å²) in [7, 11) is 0. The van der Waals surface area contributed by atoms with Gasteiger partial charge in [-0.25, -0.2) is 9.97 Å². The fraction of sp³-hybridized carbons (Fsp3) is 0.211. The summed E-state index contributed by atoms with van der Waals surface area (Å²) in [4.78, 5) is 8.12. The van der Waals surface area contributed by atoms with E-state index in [0.717, 1.165) is 22.4 Å². The zero-order valence-corrected chi connectivity index (χ0v) is 14.0. The Bertz CT molecular complexity index is 1060. The molecule has 0 bridgehead atoms. The maximum atomic E-state index is 9.03. The maximum absolute atomic E-state index is 9.03. The Balaban J connectivity index is 1.55. The summed E-state index contributed by atoms with van der Waals surface area (Å²) in [5.74, 6) is 0. The first-order chi connectivity index (χ1) is 12.7. The molecule has 0 radical (unpaired) electrons. The quantitative estimate of drug-likeness (QED) is 0.724. The SMILES string of the molecule is Cc1cc(C#N)ccc1-c1cnn2c1C[C@@H](Oc1ncc(C#N)cn1)C2. The van der Waals surface area contributed by atoms with Gasteiger partial charge in [-0.05, 0) is 30.2 Å². The lowest BCUT2D eigenvalue weighted by atomic mass is 9.98. The van der Waals surface area contributed by atoms with Crippen LogP contribution in [-0.4, -0.2) is 25.9 Å². The van der Waals surface area contributed by atoms with Gasteiger partial charge in [0.1, 0.15) is 12.2 Å². The second-order valence-corrected chi connectivity index (χ2v) is 6.14. The summed E-state index contributed by atoms with van der Waals surface area (Å²) in [6.45, 7) is 2.61. The highest BCUT2D eigenvalue weighted by Crippen LogP contribution is 2.31. The Labute approximate surface area is 150 Å². The van der Waals surface area contributed by atoms with Gasteiger partial charge in [-0.2, -0.15) is 15.6 Å². The molecule has 0 aliphatic carbocycles. The minimum atomic E-state index is -0.107. The zero-order chi connectivity index (χ0) is 18.1. The monoisotopic (exact) mass is 342 g/mol. The van der Waals surface area contributed by atoms with Gasteiger partial charge in [0, 0.05) is 12.0 Å². The van der Waals surface area contributed by atoms with E-state index in [9.17, 15) is 0 Å². The number of rotatable bonds is 3. The molecule has 7 heteroatoms. The number of benzene rings is 1. The molecule has 3 heterocycles. The predicted molar refractivity (Wildman–Crippen MR) is 92.0 cm³/mol. The van der Waals surface area contributed by atoms with E-state index < -0.39 is 0 Å². The lowest BCUT2D eigenvalue weighted by Crippen LogP contribution is -2.19. The summed E-state index contributed by atoms with van der Waals surface area (Å²) in [6, 6.07) is 10.1. The number of hydrogen-bond donors (Lipinski definition) is 0. The first kappa shape index (κ1) is 15.8. The first-order valence-electron chi connectivity index (χ1n) is 8.12. The number of aryl methyl sites for hydroxylation is 1. The molecule has 1 aliphatic heterocycles. The van der Waals surface area contributed by atoms with Crippen molar-refractivity contribution in [3.05, 3.63) is 59.2 Å². The summed E-state index contributed by atoms with van der Waals surface area (Å²) >= 11 is 0. The molecular formula is C19H14N6O. The van der Waals surface area contributed by atoms with Crippen LogP contribution in [0.3, 0.4) is 0 Å². The van der Waals surface area contributed by atoms with Gasteiger partial charge >= 0.3 is 6.01 Å². The molecule has 0 amide bonds. The summed E-state index contributed by atoms with van der Waals surface area (Å²) in [6.07, 6.45) is 5.34. The van der Waals surface area contributed by atoms with Gasteiger partial charge in [-0.3, -0.25) is 4.68 Å². The Hall–Kier alpha value is -3.71. The van der Waals surface area contributed by atoms with Crippen molar-refractivity contribution >= 4 is 0 Å². The average Bonchev–Trinajstić information content (AvgIpc) is 3.22. The van der Waals surface area contributed by atoms with Crippen LogP contribution in [0.2, 0.25) is 0 Å². The van der Waals surface area contributed by atoms with Crippen molar-refractivity contribution in [1.29, 1.82) is 10.5 Å². The van der Waals surface area contributed by atoms with E-state index in [4.69, 9.17) is 15.3 Å². The molecule has 0 unspecified atom stereocenters. The second kappa shape index (κ2) is 6.30. The smallest absolute Gasteiger partial charge is 0.316 e. The Morgan fingerprint density at radius 2 is 1.85 bits per heavy atom. The van der Waals surface area contributed by atoms with E-state index in [1.807, 2.05) is 42.1 Å². The van der Waals surface area contributed by atoms with Crippen LogP contribution >= 0.6 is 0 Å². The van der Waals surface area contributed by atoms with Crippen LogP contribution in [0, 0.1) is 29.6 Å². The Morgan fingerprint density at radius 1 is 1.08 bits per heavy atom. The molecule has 0 fully saturated rings. The third kappa shape index (κ3) is 2.76. The number of aromatic nitrogens is 4. The van der Waals surface area contributed by atoms with Crippen LogP contribution < -0.4 is 4.74 Å². The molecular weight excluding hydrogens is 328 g/mol. The van der Waals surface area contributed by atoms with E-state index in [1.165, 1.54) is 12.4 Å². The molecule has 0 N–H and O–H groups in total. The molecule has 126 valence electrons. The molecule has 0 saturated carbocycles. The van der Waals surface area contributed by atoms with Gasteiger partial charge in [0.25, 0.3) is 0 Å². The molecule has 1 aromatic carbocycles. The fourth-order valence-electron chi connectivity index (χ4n) is 3.18. The third-order valence-corrected chi connectivity index (χ3v) is 4.42. The van der Waals surface area contributed by atoms with E-state index in [2.05, 4.69) is 21.1 Å². The van der Waals surface area contributed by atoms with Crippen molar-refractivity contribution < 1.29 is 4.74 Å². The van der Waals surface area contributed by atoms with Crippen molar-refractivity contribution in [2.75, 3.05) is 0 Å². The zero-order valence-electron chi connectivity index (χ0n) is 14.0. The van der Waals surface area contributed by atoms with Gasteiger partial charge in [0.05, 0.1) is 48.0 Å². The molecule has 2 aromatic heterocycles. The van der Waals surface area contributed by atoms with Crippen LogP contribution in [0.4, 0.5) is 0 Å². The predicted octanol–water partition coefficient (Wildman–Crippen LogP) is 2.40. The summed E-state index contributed by atoms with van der Waals surface area (Å²) < 4.78 is 7.77. The van der Waals surface area contributed by atoms with Crippen molar-refractivity contribution in [3.63, 3.8) is 0 Å². The third-order valence-electron chi connectivity index (χ3n) is 4.42. The minimum Gasteiger partial charge on any atom is -0.458 e. The highest BCUT2D eigenvalue weighted by molar-refractivity contribution is 5.70. The van der Waals surface area contributed by atoms with E-state index in [0.29, 0.717) is 24.1 Å². The van der Waals surface area contributed by atoms with Crippen molar-refractivity contribution in [1.82, 2.24) is 19.7 Å². The molecule has 4 rings (SSSR count). The average molecular weight is 342 g/mol. The number of hydrogen-bond acceptors (Lipinski definition) is 6. The van der Waals surface area contributed by atoms with Crippen LogP contribution in [0.25, 0.3) is 11.1 Å². The summed E-state index contributed by atoms with van der Waals surface area (Å²) in [5, 5.41) is 22.3. The fourth-order valence-corrected chi connectivity index (χ4v) is 3.18. The molecule has 3 aromatic rings. The van der Waals surface area contributed by atoms with Gasteiger partial charge in [-0.1, -0.05) is 6.07 Å². The van der Waals surface area contributed by atoms with Crippen molar-refractivity contribution in [2.24, 2.45) is 0 Å². The topological polar surface area (TPSA) is 100 Å². The van der Waals surface area contributed by atoms with Gasteiger partial charge in [0.15, 0.2) is 0 Å². The highest BCUT2D eigenvalue weighted by Gasteiger charge is 2.28. The Kier molecular flexibility index (Phi) is 3.83. The van der Waals surface area contributed by atoms with E-state index in [-0.39, 0.29) is 12.1 Å². The van der Waals surface area contributed by atoms with Crippen molar-refractivity contribution in [3.8, 4) is 29.3 Å². The normalized spacial score (nSPS) is 15.1. The lowest BCUT2D eigenvalue weighted by molar-refractivity contribution is 0.182. The molecule has 26 heavy (non-hydrogen) atoms. The summed E-state index contributed by atoms with van der Waals surface area (Å²) in [5.41, 5.74) is 5.31. The maximum Gasteiger partial charge on any atom is 0.316 e. The molecule has 0 saturated heterocycles. The minimum absolute atomic E-state index is 0.107. The van der Waals surface area contributed by atoms with Crippen LogP contribution in [0.1, 0.15) is 22.4 Å². The molecule has 1 atom stereocenters. The number of nitrogens with zero attached hydrogens (tertiary/aromatic N) is 6. The lowest BCUT2D eigenvalue weighted by Gasteiger charge is -2.10. The van der Waals surface area contributed by atoms with Crippen LogP contribution in [0.15, 0.2) is 36.8 Å². The van der Waals surface area contributed by atoms with Gasteiger partial charge in [0.2, 0.25) is 0 Å². The Morgan fingerprint density at radius 3 is 2.54 bits per heavy atom. The molecule has 0 spiro atoms. The van der Waals surface area contributed by atoms with Crippen LogP contribution in [0.5, 0.6) is 6.01 Å². The highest BCUT2D eigenvalue weighted by atomic mass is 16.5. The van der Waals surface area contributed by atoms with Crippen LogP contribution in [-0.2, 0) is 13.0 Å². The number of fused-ring (bicyclic) bond motifs is 1. The van der Waals surface area contributed by atoms with Crippen molar-refractivity contribution in [2.45, 2.75) is 26.0 Å². The first-order valence-corrected chi connectivity index (χ1v) is 8.12.